The van der Waals surface area contributed by atoms with Gasteiger partial charge in [0.15, 0.2) is 10.8 Å². The van der Waals surface area contributed by atoms with E-state index in [4.69, 9.17) is 4.74 Å². The van der Waals surface area contributed by atoms with Gasteiger partial charge in [0.05, 0.1) is 11.5 Å². The van der Waals surface area contributed by atoms with E-state index in [1.807, 2.05) is 4.90 Å². The number of anilines is 2. The summed E-state index contributed by atoms with van der Waals surface area (Å²) in [6.07, 6.45) is 1.15. The van der Waals surface area contributed by atoms with Gasteiger partial charge in [-0.2, -0.15) is 0 Å². The molecule has 1 saturated heterocycles. The van der Waals surface area contributed by atoms with Crippen molar-refractivity contribution in [3.63, 3.8) is 0 Å². The lowest BCUT2D eigenvalue weighted by atomic mass is 9.95. The number of hydrogen-bond donors (Lipinski definition) is 1. The van der Waals surface area contributed by atoms with Crippen LogP contribution >= 0.6 is 11.3 Å². The summed E-state index contributed by atoms with van der Waals surface area (Å²) >= 11 is 1.17. The number of nitrogens with zero attached hydrogens (tertiary/aromatic N) is 3. The molecule has 3 rings (SSSR count). The van der Waals surface area contributed by atoms with Crippen molar-refractivity contribution < 1.29 is 19.2 Å². The second-order valence-corrected chi connectivity index (χ2v) is 7.11. The molecule has 0 spiro atoms. The highest BCUT2D eigenvalue weighted by atomic mass is 32.1. The molecule has 28 heavy (non-hydrogen) atoms. The molecule has 0 radical (unpaired) electrons. The normalized spacial score (nSPS) is 14.5. The molecule has 10 heteroatoms. The number of rotatable bonds is 6. The number of ether oxygens (including phenoxy) is 1. The Labute approximate surface area is 165 Å². The highest BCUT2D eigenvalue weighted by molar-refractivity contribution is 7.14. The van der Waals surface area contributed by atoms with Crippen LogP contribution in [0.15, 0.2) is 29.6 Å². The zero-order valence-corrected chi connectivity index (χ0v) is 16.1. The largest absolute Gasteiger partial charge is 0.461 e. The fourth-order valence-corrected chi connectivity index (χ4v) is 3.79. The van der Waals surface area contributed by atoms with E-state index >= 15 is 0 Å². The van der Waals surface area contributed by atoms with E-state index in [-0.39, 0.29) is 29.8 Å². The summed E-state index contributed by atoms with van der Waals surface area (Å²) in [7, 11) is 0. The molecular weight excluding hydrogens is 384 g/mol. The lowest BCUT2D eigenvalue weighted by Crippen LogP contribution is -2.38. The summed E-state index contributed by atoms with van der Waals surface area (Å²) in [4.78, 5) is 41.0. The molecule has 148 valence electrons. The first-order valence-corrected chi connectivity index (χ1v) is 9.79. The predicted molar refractivity (Wildman–Crippen MR) is 105 cm³/mol. The number of nitro benzene ring substituents is 1. The molecule has 0 saturated carbocycles. The Kier molecular flexibility index (Phi) is 6.19. The third-order valence-electron chi connectivity index (χ3n) is 4.50. The predicted octanol–water partition coefficient (Wildman–Crippen LogP) is 3.08. The number of amides is 1. The first-order chi connectivity index (χ1) is 13.5. The maximum absolute atomic E-state index is 12.5. The van der Waals surface area contributed by atoms with E-state index in [9.17, 15) is 19.7 Å². The number of carbonyl (C=O) groups is 2. The maximum atomic E-state index is 12.5. The topological polar surface area (TPSA) is 115 Å². The summed E-state index contributed by atoms with van der Waals surface area (Å²) < 4.78 is 4.88. The van der Waals surface area contributed by atoms with Crippen LogP contribution in [0.5, 0.6) is 0 Å². The average Bonchev–Trinajstić information content (AvgIpc) is 3.17. The number of benzene rings is 1. The molecule has 0 unspecified atom stereocenters. The van der Waals surface area contributed by atoms with Gasteiger partial charge in [-0.15, -0.1) is 11.3 Å². The molecule has 1 aliphatic heterocycles. The van der Waals surface area contributed by atoms with Gasteiger partial charge in [0.2, 0.25) is 5.91 Å². The smallest absolute Gasteiger partial charge is 0.357 e. The quantitative estimate of drug-likeness (QED) is 0.447. The first-order valence-electron chi connectivity index (χ1n) is 8.91. The van der Waals surface area contributed by atoms with E-state index in [1.165, 1.54) is 17.4 Å². The van der Waals surface area contributed by atoms with Crippen molar-refractivity contribution in [2.24, 2.45) is 5.92 Å². The van der Waals surface area contributed by atoms with Crippen molar-refractivity contribution in [3.8, 4) is 0 Å². The van der Waals surface area contributed by atoms with Gasteiger partial charge in [0.25, 0.3) is 5.69 Å². The summed E-state index contributed by atoms with van der Waals surface area (Å²) in [6, 6.07) is 6.62. The number of thiazole rings is 1. The molecule has 2 aromatic rings. The summed E-state index contributed by atoms with van der Waals surface area (Å²) in [5, 5.41) is 15.9. The minimum Gasteiger partial charge on any atom is -0.461 e. The van der Waals surface area contributed by atoms with Crippen LogP contribution in [0.3, 0.4) is 0 Å². The second kappa shape index (κ2) is 8.79. The number of piperidine rings is 1. The van der Waals surface area contributed by atoms with Gasteiger partial charge in [0.1, 0.15) is 5.69 Å². The zero-order chi connectivity index (χ0) is 20.1. The Hall–Kier alpha value is -3.01. The van der Waals surface area contributed by atoms with Gasteiger partial charge < -0.3 is 15.0 Å². The van der Waals surface area contributed by atoms with Crippen LogP contribution in [-0.4, -0.2) is 41.5 Å². The number of esters is 1. The minimum absolute atomic E-state index is 0.0691. The Balaban J connectivity index is 1.57. The van der Waals surface area contributed by atoms with E-state index in [2.05, 4.69) is 10.3 Å². The summed E-state index contributed by atoms with van der Waals surface area (Å²) in [5.41, 5.74) is 0.818. The number of hydrogen-bond acceptors (Lipinski definition) is 8. The van der Waals surface area contributed by atoms with Crippen LogP contribution < -0.4 is 10.2 Å². The highest BCUT2D eigenvalue weighted by Crippen LogP contribution is 2.31. The molecule has 1 aromatic carbocycles. The third kappa shape index (κ3) is 4.45. The highest BCUT2D eigenvalue weighted by Gasteiger charge is 2.28. The molecule has 9 nitrogen and oxygen atoms in total. The summed E-state index contributed by atoms with van der Waals surface area (Å²) in [6.45, 7) is 3.07. The molecule has 0 atom stereocenters. The van der Waals surface area contributed by atoms with Gasteiger partial charge >= 0.3 is 5.97 Å². The molecule has 2 heterocycles. The Morgan fingerprint density at radius 1 is 1.36 bits per heavy atom. The van der Waals surface area contributed by atoms with Crippen molar-refractivity contribution in [1.29, 1.82) is 0 Å². The molecule has 1 fully saturated rings. The molecular formula is C18H20N4O5S. The van der Waals surface area contributed by atoms with Gasteiger partial charge in [-0.3, -0.25) is 14.9 Å². The number of aromatic nitrogens is 1. The van der Waals surface area contributed by atoms with Crippen LogP contribution in [0, 0.1) is 16.0 Å². The van der Waals surface area contributed by atoms with Gasteiger partial charge in [0, 0.05) is 30.5 Å². The molecule has 1 aliphatic rings. The second-order valence-electron chi connectivity index (χ2n) is 6.25. The van der Waals surface area contributed by atoms with Gasteiger partial charge in [-0.1, -0.05) is 12.1 Å². The van der Waals surface area contributed by atoms with E-state index in [1.54, 1.807) is 30.5 Å². The Morgan fingerprint density at radius 2 is 2.07 bits per heavy atom. The van der Waals surface area contributed by atoms with Gasteiger partial charge in [-0.05, 0) is 25.8 Å². The SMILES string of the molecule is CCOC(=O)c1csc(NC(=O)C2CCN(c3ccccc3[N+](=O)[O-])CC2)n1. The van der Waals surface area contributed by atoms with Crippen molar-refractivity contribution in [2.45, 2.75) is 19.8 Å². The van der Waals surface area contributed by atoms with Crippen molar-refractivity contribution in [3.05, 3.63) is 45.5 Å². The van der Waals surface area contributed by atoms with E-state index in [0.29, 0.717) is 36.8 Å². The van der Waals surface area contributed by atoms with Crippen LogP contribution in [0.25, 0.3) is 0 Å². The fourth-order valence-electron chi connectivity index (χ4n) is 3.11. The monoisotopic (exact) mass is 404 g/mol. The number of nitrogens with one attached hydrogen (secondary N) is 1. The number of nitro groups is 1. The van der Waals surface area contributed by atoms with Gasteiger partial charge in [-0.25, -0.2) is 9.78 Å². The average molecular weight is 404 g/mol. The fraction of sp³-hybridized carbons (Fsp3) is 0.389. The molecule has 1 aromatic heterocycles. The van der Waals surface area contributed by atoms with Crippen LogP contribution in [0.2, 0.25) is 0 Å². The Bertz CT molecular complexity index is 876. The first kappa shape index (κ1) is 19.7. The van der Waals surface area contributed by atoms with Crippen molar-refractivity contribution in [1.82, 2.24) is 4.98 Å². The zero-order valence-electron chi connectivity index (χ0n) is 15.3. The number of para-hydroxylation sites is 2. The lowest BCUT2D eigenvalue weighted by Gasteiger charge is -2.32. The van der Waals surface area contributed by atoms with Crippen LogP contribution in [0.1, 0.15) is 30.3 Å². The molecule has 1 N–H and O–H groups in total. The third-order valence-corrected chi connectivity index (χ3v) is 5.26. The maximum Gasteiger partial charge on any atom is 0.357 e. The number of carbonyl (C=O) groups excluding carboxylic acids is 2. The molecule has 0 aliphatic carbocycles. The van der Waals surface area contributed by atoms with Crippen molar-refractivity contribution >= 4 is 39.7 Å². The van der Waals surface area contributed by atoms with Crippen molar-refractivity contribution in [2.75, 3.05) is 29.9 Å². The minimum atomic E-state index is -0.517. The standard InChI is InChI=1S/C18H20N4O5S/c1-2-27-17(24)13-11-28-18(19-13)20-16(23)12-7-9-21(10-8-12)14-5-3-4-6-15(14)22(25)26/h3-6,11-12H,2,7-10H2,1H3,(H,19,20,23). The van der Waals surface area contributed by atoms with E-state index < -0.39 is 10.9 Å². The van der Waals surface area contributed by atoms with Crippen LogP contribution in [0.4, 0.5) is 16.5 Å². The van der Waals surface area contributed by atoms with E-state index in [0.717, 1.165) is 0 Å². The lowest BCUT2D eigenvalue weighted by molar-refractivity contribution is -0.384. The van der Waals surface area contributed by atoms with Crippen LogP contribution in [-0.2, 0) is 9.53 Å². The molecule has 1 amide bonds. The Morgan fingerprint density at radius 3 is 2.75 bits per heavy atom. The molecule has 0 bridgehead atoms. The summed E-state index contributed by atoms with van der Waals surface area (Å²) in [5.74, 6) is -0.891.